The number of anilines is 1. The van der Waals surface area contributed by atoms with Gasteiger partial charge < -0.3 is 14.8 Å². The van der Waals surface area contributed by atoms with Gasteiger partial charge in [0.2, 0.25) is 5.91 Å². The van der Waals surface area contributed by atoms with Gasteiger partial charge in [0.25, 0.3) is 0 Å². The molecule has 1 N–H and O–H groups in total. The molecule has 0 heterocycles. The zero-order chi connectivity index (χ0) is 19.2. The van der Waals surface area contributed by atoms with Crippen molar-refractivity contribution in [1.82, 2.24) is 0 Å². The maximum absolute atomic E-state index is 12.4. The molecule has 7 heteroatoms. The first-order valence-electron chi connectivity index (χ1n) is 8.66. The van der Waals surface area contributed by atoms with Gasteiger partial charge in [-0.3, -0.25) is 4.79 Å². The summed E-state index contributed by atoms with van der Waals surface area (Å²) in [5, 5.41) is 2.92. The largest absolute Gasteiger partial charge is 0.493 e. The fraction of sp³-hybridized carbons (Fsp3) is 0.350. The van der Waals surface area contributed by atoms with Crippen LogP contribution in [0.5, 0.6) is 11.5 Å². The van der Waals surface area contributed by atoms with Gasteiger partial charge in [0.1, 0.15) is 0 Å². The molecule has 1 aliphatic rings. The van der Waals surface area contributed by atoms with Crippen LogP contribution < -0.4 is 14.8 Å². The van der Waals surface area contributed by atoms with Gasteiger partial charge in [-0.1, -0.05) is 12.1 Å². The van der Waals surface area contributed by atoms with Crippen molar-refractivity contribution < 1.29 is 23.0 Å². The van der Waals surface area contributed by atoms with Crippen LogP contribution in [0.3, 0.4) is 0 Å². The second-order valence-corrected chi connectivity index (χ2v) is 7.23. The third-order valence-electron chi connectivity index (χ3n) is 4.33. The minimum Gasteiger partial charge on any atom is -0.493 e. The molecule has 0 aliphatic heterocycles. The molecule has 0 fully saturated rings. The minimum atomic E-state index is -2.90. The van der Waals surface area contributed by atoms with Crippen molar-refractivity contribution in [3.63, 3.8) is 0 Å². The molecule has 4 nitrogen and oxygen atoms in total. The summed E-state index contributed by atoms with van der Waals surface area (Å²) < 4.78 is 34.2. The van der Waals surface area contributed by atoms with Crippen molar-refractivity contribution in [2.45, 2.75) is 31.6 Å². The SMILES string of the molecule is COc1cc(CSCC(=O)Nc2ccc3c(c2)CCC3)ccc1OC(F)F. The highest BCUT2D eigenvalue weighted by Gasteiger charge is 2.13. The normalized spacial score (nSPS) is 12.7. The molecule has 2 aromatic carbocycles. The standard InChI is InChI=1S/C20H21F2NO3S/c1-25-18-9-13(5-8-17(18)26-20(21)22)11-27-12-19(24)23-16-7-6-14-3-2-4-15(14)10-16/h5-10,20H,2-4,11-12H2,1H3,(H,23,24). The lowest BCUT2D eigenvalue weighted by Gasteiger charge is -2.11. The van der Waals surface area contributed by atoms with Crippen molar-refractivity contribution in [3.8, 4) is 11.5 Å². The quantitative estimate of drug-likeness (QED) is 0.709. The molecule has 144 valence electrons. The Morgan fingerprint density at radius 2 is 1.96 bits per heavy atom. The second kappa shape index (κ2) is 9.08. The molecule has 0 aromatic heterocycles. The van der Waals surface area contributed by atoms with Crippen LogP contribution in [0.25, 0.3) is 0 Å². The van der Waals surface area contributed by atoms with E-state index in [4.69, 9.17) is 4.74 Å². The maximum atomic E-state index is 12.4. The van der Waals surface area contributed by atoms with Crippen LogP contribution in [0, 0.1) is 0 Å². The molecule has 0 bridgehead atoms. The van der Waals surface area contributed by atoms with Gasteiger partial charge >= 0.3 is 6.61 Å². The van der Waals surface area contributed by atoms with Crippen LogP contribution in [-0.4, -0.2) is 25.4 Å². The molecule has 2 aromatic rings. The summed E-state index contributed by atoms with van der Waals surface area (Å²) in [5.41, 5.74) is 4.38. The van der Waals surface area contributed by atoms with E-state index >= 15 is 0 Å². The number of halogens is 2. The topological polar surface area (TPSA) is 47.6 Å². The lowest BCUT2D eigenvalue weighted by atomic mass is 10.1. The average Bonchev–Trinajstić information content (AvgIpc) is 3.10. The Hall–Kier alpha value is -2.28. The Bertz CT molecular complexity index is 814. The monoisotopic (exact) mass is 393 g/mol. The van der Waals surface area contributed by atoms with Crippen LogP contribution in [0.2, 0.25) is 0 Å². The number of carbonyl (C=O) groups excluding carboxylic acids is 1. The maximum Gasteiger partial charge on any atom is 0.387 e. The second-order valence-electron chi connectivity index (χ2n) is 6.24. The summed E-state index contributed by atoms with van der Waals surface area (Å²) in [6.07, 6.45) is 3.36. The molecule has 1 aliphatic carbocycles. The van der Waals surface area contributed by atoms with Crippen molar-refractivity contribution in [2.24, 2.45) is 0 Å². The van der Waals surface area contributed by atoms with Gasteiger partial charge in [-0.25, -0.2) is 0 Å². The highest BCUT2D eigenvalue weighted by atomic mass is 32.2. The molecule has 0 saturated heterocycles. The van der Waals surface area contributed by atoms with E-state index in [0.717, 1.165) is 24.1 Å². The van der Waals surface area contributed by atoms with E-state index in [2.05, 4.69) is 22.2 Å². The Labute approximate surface area is 161 Å². The smallest absolute Gasteiger partial charge is 0.387 e. The number of carbonyl (C=O) groups is 1. The van der Waals surface area contributed by atoms with Crippen LogP contribution in [0.1, 0.15) is 23.1 Å². The van der Waals surface area contributed by atoms with E-state index in [9.17, 15) is 13.6 Å². The van der Waals surface area contributed by atoms with Gasteiger partial charge in [-0.15, -0.1) is 11.8 Å². The summed E-state index contributed by atoms with van der Waals surface area (Å²) >= 11 is 1.44. The predicted molar refractivity (Wildman–Crippen MR) is 103 cm³/mol. The first kappa shape index (κ1) is 19.5. The molecular weight excluding hydrogens is 372 g/mol. The molecule has 0 saturated carbocycles. The number of benzene rings is 2. The van der Waals surface area contributed by atoms with E-state index in [1.807, 2.05) is 6.07 Å². The number of alkyl halides is 2. The Morgan fingerprint density at radius 1 is 1.15 bits per heavy atom. The number of methoxy groups -OCH3 is 1. The number of ether oxygens (including phenoxy) is 2. The first-order valence-corrected chi connectivity index (χ1v) is 9.82. The van der Waals surface area contributed by atoms with E-state index in [-0.39, 0.29) is 17.4 Å². The molecule has 1 amide bonds. The summed E-state index contributed by atoms with van der Waals surface area (Å²) in [5.74, 6) is 1.03. The molecule has 0 radical (unpaired) electrons. The van der Waals surface area contributed by atoms with Gasteiger partial charge in [0, 0.05) is 11.4 Å². The number of thioether (sulfide) groups is 1. The summed E-state index contributed by atoms with van der Waals surface area (Å²) in [7, 11) is 1.40. The molecule has 0 unspecified atom stereocenters. The average molecular weight is 393 g/mol. The number of amides is 1. The number of rotatable bonds is 8. The number of nitrogens with one attached hydrogen (secondary N) is 1. The van der Waals surface area contributed by atoms with Crippen molar-refractivity contribution in [1.29, 1.82) is 0 Å². The molecule has 0 atom stereocenters. The fourth-order valence-electron chi connectivity index (χ4n) is 3.10. The zero-order valence-electron chi connectivity index (χ0n) is 15.0. The summed E-state index contributed by atoms with van der Waals surface area (Å²) in [6.45, 7) is -2.90. The van der Waals surface area contributed by atoms with Gasteiger partial charge in [-0.05, 0) is 60.2 Å². The number of aryl methyl sites for hydroxylation is 2. The fourth-order valence-corrected chi connectivity index (χ4v) is 3.88. The highest BCUT2D eigenvalue weighted by Crippen LogP contribution is 2.31. The Balaban J connectivity index is 1.49. The minimum absolute atomic E-state index is 0.00407. The van der Waals surface area contributed by atoms with Gasteiger partial charge in [0.05, 0.1) is 12.9 Å². The van der Waals surface area contributed by atoms with E-state index in [1.54, 1.807) is 12.1 Å². The van der Waals surface area contributed by atoms with E-state index < -0.39 is 6.61 Å². The summed E-state index contributed by atoms with van der Waals surface area (Å²) in [6, 6.07) is 10.9. The zero-order valence-corrected chi connectivity index (χ0v) is 15.8. The number of fused-ring (bicyclic) bond motifs is 1. The van der Waals surface area contributed by atoms with Crippen LogP contribution in [-0.2, 0) is 23.4 Å². The molecule has 0 spiro atoms. The Morgan fingerprint density at radius 3 is 2.74 bits per heavy atom. The predicted octanol–water partition coefficient (Wildman–Crippen LogP) is 4.66. The molecular formula is C20H21F2NO3S. The van der Waals surface area contributed by atoms with Gasteiger partial charge in [-0.2, -0.15) is 8.78 Å². The van der Waals surface area contributed by atoms with Crippen molar-refractivity contribution >= 4 is 23.4 Å². The third kappa shape index (κ3) is 5.35. The first-order chi connectivity index (χ1) is 13.0. The van der Waals surface area contributed by atoms with Crippen LogP contribution in [0.4, 0.5) is 14.5 Å². The lowest BCUT2D eigenvalue weighted by molar-refractivity contribution is -0.113. The van der Waals surface area contributed by atoms with Crippen molar-refractivity contribution in [2.75, 3.05) is 18.2 Å². The van der Waals surface area contributed by atoms with Crippen LogP contribution in [0.15, 0.2) is 36.4 Å². The number of hydrogen-bond donors (Lipinski definition) is 1. The number of hydrogen-bond acceptors (Lipinski definition) is 4. The van der Waals surface area contributed by atoms with Crippen LogP contribution >= 0.6 is 11.8 Å². The van der Waals surface area contributed by atoms with Gasteiger partial charge in [0.15, 0.2) is 11.5 Å². The molecule has 3 rings (SSSR count). The van der Waals surface area contributed by atoms with E-state index in [1.165, 1.54) is 42.5 Å². The van der Waals surface area contributed by atoms with E-state index in [0.29, 0.717) is 11.5 Å². The Kier molecular flexibility index (Phi) is 6.55. The molecule has 27 heavy (non-hydrogen) atoms. The highest BCUT2D eigenvalue weighted by molar-refractivity contribution is 7.99. The lowest BCUT2D eigenvalue weighted by Crippen LogP contribution is -2.14. The summed E-state index contributed by atoms with van der Waals surface area (Å²) in [4.78, 5) is 12.1. The third-order valence-corrected chi connectivity index (χ3v) is 5.33. The van der Waals surface area contributed by atoms with Crippen molar-refractivity contribution in [3.05, 3.63) is 53.1 Å².